The molecular formula is C18H33N3O5. The average Bonchev–Trinajstić information content (AvgIpc) is 2.51. The molecule has 1 aliphatic heterocycles. The molecule has 1 heterocycles. The van der Waals surface area contributed by atoms with Crippen molar-refractivity contribution in [1.82, 2.24) is 14.7 Å². The number of likely N-dealkylation sites (N-methyl/N-ethyl adjacent to an activating group) is 1. The number of methoxy groups -OCH3 is 1. The summed E-state index contributed by atoms with van der Waals surface area (Å²) in [6, 6.07) is -1.07. The number of carbonyl (C=O) groups excluding carboxylic acids is 3. The Morgan fingerprint density at radius 2 is 1.73 bits per heavy atom. The Labute approximate surface area is 156 Å². The van der Waals surface area contributed by atoms with Gasteiger partial charge in [0.15, 0.2) is 0 Å². The molecule has 0 aromatic carbocycles. The maximum Gasteiger partial charge on any atom is 0.410 e. The van der Waals surface area contributed by atoms with Gasteiger partial charge in [0.25, 0.3) is 0 Å². The fourth-order valence-electron chi connectivity index (χ4n) is 3.06. The van der Waals surface area contributed by atoms with Gasteiger partial charge in [-0.15, -0.1) is 0 Å². The van der Waals surface area contributed by atoms with Gasteiger partial charge < -0.3 is 24.2 Å². The van der Waals surface area contributed by atoms with Crippen molar-refractivity contribution in [3.05, 3.63) is 0 Å². The zero-order chi connectivity index (χ0) is 20.2. The normalized spacial score (nSPS) is 19.2. The van der Waals surface area contributed by atoms with E-state index in [2.05, 4.69) is 0 Å². The summed E-state index contributed by atoms with van der Waals surface area (Å²) in [6.07, 6.45) is -0.375. The minimum Gasteiger partial charge on any atom is -0.467 e. The Morgan fingerprint density at radius 1 is 1.15 bits per heavy atom. The third-order valence-electron chi connectivity index (χ3n) is 4.32. The number of piperazine rings is 1. The Morgan fingerprint density at radius 3 is 2.15 bits per heavy atom. The third kappa shape index (κ3) is 5.51. The molecule has 26 heavy (non-hydrogen) atoms. The fraction of sp³-hybridized carbons (Fsp3) is 0.833. The number of urea groups is 1. The van der Waals surface area contributed by atoms with Gasteiger partial charge in [-0.25, -0.2) is 14.4 Å². The second-order valence-electron chi connectivity index (χ2n) is 8.07. The number of esters is 1. The van der Waals surface area contributed by atoms with Crippen LogP contribution in [0.5, 0.6) is 0 Å². The van der Waals surface area contributed by atoms with E-state index in [1.54, 1.807) is 16.8 Å². The minimum atomic E-state index is -0.647. The van der Waals surface area contributed by atoms with Gasteiger partial charge in [0.2, 0.25) is 0 Å². The zero-order valence-corrected chi connectivity index (χ0v) is 17.2. The number of amides is 3. The lowest BCUT2D eigenvalue weighted by atomic mass is 10.0. The highest BCUT2D eigenvalue weighted by Gasteiger charge is 2.37. The molecule has 8 nitrogen and oxygen atoms in total. The Kier molecular flexibility index (Phi) is 7.29. The first-order chi connectivity index (χ1) is 11.9. The number of hydrogen-bond donors (Lipinski definition) is 0. The Bertz CT molecular complexity index is 529. The number of carbonyl (C=O) groups is 3. The highest BCUT2D eigenvalue weighted by atomic mass is 16.6. The monoisotopic (exact) mass is 371 g/mol. The standard InChI is InChI=1S/C18H33N3O5/c1-12(2)14(15(22)25-8)19(7)16(23)20-9-10-21(13(3)11-20)17(24)26-18(4,5)6/h12-14H,9-11H2,1-8H3/t13-,14?/m1/s1. The van der Waals surface area contributed by atoms with Crippen molar-refractivity contribution >= 4 is 18.1 Å². The van der Waals surface area contributed by atoms with Crippen molar-refractivity contribution in [3.63, 3.8) is 0 Å². The highest BCUT2D eigenvalue weighted by Crippen LogP contribution is 2.18. The number of hydrogen-bond acceptors (Lipinski definition) is 5. The van der Waals surface area contributed by atoms with Crippen molar-refractivity contribution < 1.29 is 23.9 Å². The number of nitrogens with zero attached hydrogens (tertiary/aromatic N) is 3. The van der Waals surface area contributed by atoms with Crippen LogP contribution in [0.4, 0.5) is 9.59 Å². The first-order valence-electron chi connectivity index (χ1n) is 8.98. The van der Waals surface area contributed by atoms with E-state index in [-0.39, 0.29) is 24.1 Å². The fourth-order valence-corrected chi connectivity index (χ4v) is 3.06. The maximum atomic E-state index is 12.8. The average molecular weight is 371 g/mol. The predicted molar refractivity (Wildman–Crippen MR) is 97.8 cm³/mol. The van der Waals surface area contributed by atoms with Crippen LogP contribution in [0.3, 0.4) is 0 Å². The summed E-state index contributed by atoms with van der Waals surface area (Å²) in [7, 11) is 2.92. The van der Waals surface area contributed by atoms with Gasteiger partial charge in [-0.2, -0.15) is 0 Å². The van der Waals surface area contributed by atoms with Crippen molar-refractivity contribution in [2.75, 3.05) is 33.8 Å². The highest BCUT2D eigenvalue weighted by molar-refractivity contribution is 5.84. The van der Waals surface area contributed by atoms with Gasteiger partial charge in [0.1, 0.15) is 11.6 Å². The number of ether oxygens (including phenoxy) is 2. The summed E-state index contributed by atoms with van der Waals surface area (Å²) < 4.78 is 10.2. The quantitative estimate of drug-likeness (QED) is 0.711. The van der Waals surface area contributed by atoms with E-state index in [1.807, 2.05) is 41.5 Å². The lowest BCUT2D eigenvalue weighted by Crippen LogP contribution is -2.60. The van der Waals surface area contributed by atoms with Crippen LogP contribution in [-0.2, 0) is 14.3 Å². The number of rotatable bonds is 3. The van der Waals surface area contributed by atoms with Crippen molar-refractivity contribution in [2.24, 2.45) is 5.92 Å². The minimum absolute atomic E-state index is 0.0723. The maximum absolute atomic E-state index is 12.8. The SMILES string of the molecule is COC(=O)C(C(C)C)N(C)C(=O)N1CCN(C(=O)OC(C)(C)C)[C@H](C)C1. The van der Waals surface area contributed by atoms with E-state index in [0.717, 1.165) is 0 Å². The molecule has 150 valence electrons. The summed E-state index contributed by atoms with van der Waals surface area (Å²) in [5.41, 5.74) is -0.561. The van der Waals surface area contributed by atoms with Gasteiger partial charge in [0.05, 0.1) is 7.11 Å². The molecule has 0 aliphatic carbocycles. The summed E-state index contributed by atoms with van der Waals surface area (Å²) in [6.45, 7) is 12.2. The smallest absolute Gasteiger partial charge is 0.410 e. The van der Waals surface area contributed by atoms with E-state index in [4.69, 9.17) is 9.47 Å². The summed E-state index contributed by atoms with van der Waals surface area (Å²) in [5.74, 6) is -0.506. The van der Waals surface area contributed by atoms with Crippen LogP contribution in [0.25, 0.3) is 0 Å². The summed E-state index contributed by atoms with van der Waals surface area (Å²) in [5, 5.41) is 0. The van der Waals surface area contributed by atoms with Crippen molar-refractivity contribution in [1.29, 1.82) is 0 Å². The molecule has 1 fully saturated rings. The van der Waals surface area contributed by atoms with Gasteiger partial charge in [-0.3, -0.25) is 0 Å². The van der Waals surface area contributed by atoms with E-state index in [1.165, 1.54) is 12.0 Å². The Balaban J connectivity index is 2.77. The third-order valence-corrected chi connectivity index (χ3v) is 4.32. The molecule has 1 saturated heterocycles. The van der Waals surface area contributed by atoms with Gasteiger partial charge >= 0.3 is 18.1 Å². The van der Waals surface area contributed by atoms with Crippen LogP contribution in [0.2, 0.25) is 0 Å². The summed E-state index contributed by atoms with van der Waals surface area (Å²) in [4.78, 5) is 41.8. The van der Waals surface area contributed by atoms with Crippen LogP contribution >= 0.6 is 0 Å². The topological polar surface area (TPSA) is 79.4 Å². The lowest BCUT2D eigenvalue weighted by molar-refractivity contribution is -0.147. The molecule has 1 aliphatic rings. The first-order valence-corrected chi connectivity index (χ1v) is 8.98. The molecule has 0 N–H and O–H groups in total. The molecule has 0 saturated carbocycles. The molecule has 0 radical (unpaired) electrons. The van der Waals surface area contributed by atoms with Crippen molar-refractivity contribution in [2.45, 2.75) is 59.2 Å². The summed E-state index contributed by atoms with van der Waals surface area (Å²) >= 11 is 0. The van der Waals surface area contributed by atoms with Gasteiger partial charge in [-0.05, 0) is 33.6 Å². The lowest BCUT2D eigenvalue weighted by Gasteiger charge is -2.42. The molecular weight excluding hydrogens is 338 g/mol. The van der Waals surface area contributed by atoms with E-state index in [0.29, 0.717) is 19.6 Å². The largest absolute Gasteiger partial charge is 0.467 e. The van der Waals surface area contributed by atoms with Gasteiger partial charge in [-0.1, -0.05) is 13.8 Å². The van der Waals surface area contributed by atoms with Gasteiger partial charge in [0, 0.05) is 32.7 Å². The van der Waals surface area contributed by atoms with Crippen molar-refractivity contribution in [3.8, 4) is 0 Å². The second-order valence-corrected chi connectivity index (χ2v) is 8.07. The first kappa shape index (κ1) is 22.1. The molecule has 1 rings (SSSR count). The van der Waals surface area contributed by atoms with Crippen LogP contribution in [0.15, 0.2) is 0 Å². The molecule has 2 atom stereocenters. The molecule has 0 aromatic heterocycles. The van der Waals surface area contributed by atoms with Crippen LogP contribution in [0.1, 0.15) is 41.5 Å². The van der Waals surface area contributed by atoms with Crippen LogP contribution in [-0.4, -0.2) is 84.3 Å². The van der Waals surface area contributed by atoms with E-state index < -0.39 is 17.6 Å². The second kappa shape index (κ2) is 8.60. The van der Waals surface area contributed by atoms with E-state index >= 15 is 0 Å². The molecule has 0 bridgehead atoms. The van der Waals surface area contributed by atoms with Crippen LogP contribution in [0, 0.1) is 5.92 Å². The molecule has 8 heteroatoms. The Hall–Kier alpha value is -1.99. The molecule has 0 aromatic rings. The molecule has 3 amide bonds. The van der Waals surface area contributed by atoms with Crippen LogP contribution < -0.4 is 0 Å². The molecule has 1 unspecified atom stereocenters. The van der Waals surface area contributed by atoms with E-state index in [9.17, 15) is 14.4 Å². The predicted octanol–water partition coefficient (Wildman–Crippen LogP) is 2.18. The molecule has 0 spiro atoms. The zero-order valence-electron chi connectivity index (χ0n) is 17.2.